The first kappa shape index (κ1) is 24.7. The molecule has 0 spiro atoms. The number of nitrogens with zero attached hydrogens (tertiary/aromatic N) is 3. The molecule has 0 saturated heterocycles. The molecule has 0 unspecified atom stereocenters. The van der Waals surface area contributed by atoms with Gasteiger partial charge in [-0.1, -0.05) is 54.6 Å². The van der Waals surface area contributed by atoms with Crippen LogP contribution in [0.2, 0.25) is 0 Å². The monoisotopic (exact) mass is 477 g/mol. The summed E-state index contributed by atoms with van der Waals surface area (Å²) in [7, 11) is 0. The lowest BCUT2D eigenvalue weighted by atomic mass is 10.0. The first-order chi connectivity index (χ1) is 17.4. The summed E-state index contributed by atoms with van der Waals surface area (Å²) in [5.74, 6) is -0.751. The lowest BCUT2D eigenvalue weighted by Gasteiger charge is -2.23. The van der Waals surface area contributed by atoms with Gasteiger partial charge in [-0.25, -0.2) is 4.39 Å². The average molecular weight is 478 g/mol. The van der Waals surface area contributed by atoms with Crippen LogP contribution in [0.4, 0.5) is 10.1 Å². The minimum absolute atomic E-state index is 0.0353. The van der Waals surface area contributed by atoms with Gasteiger partial charge in [-0.2, -0.15) is 5.26 Å². The molecule has 1 heterocycles. The Morgan fingerprint density at radius 1 is 1.00 bits per heavy atom. The highest BCUT2D eigenvalue weighted by Gasteiger charge is 2.21. The van der Waals surface area contributed by atoms with Crippen molar-refractivity contribution >= 4 is 17.5 Å². The second-order valence-corrected chi connectivity index (χ2v) is 8.66. The van der Waals surface area contributed by atoms with E-state index in [1.54, 1.807) is 41.8 Å². The molecule has 0 atom stereocenters. The molecule has 3 aromatic carbocycles. The number of carbonyl (C=O) groups excluding carboxylic acids is 1. The van der Waals surface area contributed by atoms with Crippen LogP contribution in [-0.2, 0) is 6.54 Å². The molecule has 0 aliphatic rings. The number of halogens is 1. The predicted octanol–water partition coefficient (Wildman–Crippen LogP) is 7.05. The second kappa shape index (κ2) is 10.9. The number of aromatic nitrogens is 1. The second-order valence-electron chi connectivity index (χ2n) is 8.66. The number of Topliss-reactive ketones (excluding diaryl/α,β-unsaturated/α-hetero) is 1. The Morgan fingerprint density at radius 3 is 2.31 bits per heavy atom. The van der Waals surface area contributed by atoms with Crippen LogP contribution in [-0.4, -0.2) is 16.9 Å². The third kappa shape index (κ3) is 5.13. The van der Waals surface area contributed by atoms with Gasteiger partial charge in [-0.3, -0.25) is 4.79 Å². The Labute approximate surface area is 211 Å². The van der Waals surface area contributed by atoms with Gasteiger partial charge < -0.3 is 9.47 Å². The number of nitriles is 1. The molecular formula is C31H28FN3O. The lowest BCUT2D eigenvalue weighted by Crippen LogP contribution is -2.21. The van der Waals surface area contributed by atoms with Crippen LogP contribution >= 0.6 is 0 Å². The van der Waals surface area contributed by atoms with E-state index in [1.807, 2.05) is 49.4 Å². The summed E-state index contributed by atoms with van der Waals surface area (Å²) in [4.78, 5) is 15.6. The smallest absolute Gasteiger partial charge is 0.205 e. The van der Waals surface area contributed by atoms with Crippen molar-refractivity contribution in [3.05, 3.63) is 124 Å². The molecule has 0 aliphatic heterocycles. The van der Waals surface area contributed by atoms with Crippen molar-refractivity contribution < 1.29 is 9.18 Å². The number of benzene rings is 3. The lowest BCUT2D eigenvalue weighted by molar-refractivity contribution is 0.103. The maximum atomic E-state index is 14.4. The molecule has 0 saturated carbocycles. The number of rotatable bonds is 8. The van der Waals surface area contributed by atoms with Crippen molar-refractivity contribution in [2.75, 3.05) is 11.4 Å². The molecular weight excluding hydrogens is 449 g/mol. The summed E-state index contributed by atoms with van der Waals surface area (Å²) in [6.45, 7) is 7.35. The van der Waals surface area contributed by atoms with E-state index in [-0.39, 0.29) is 17.2 Å². The van der Waals surface area contributed by atoms with E-state index in [0.717, 1.165) is 30.0 Å². The topological polar surface area (TPSA) is 49.0 Å². The zero-order chi connectivity index (χ0) is 25.7. The third-order valence-corrected chi connectivity index (χ3v) is 6.30. The van der Waals surface area contributed by atoms with Gasteiger partial charge >= 0.3 is 0 Å². The molecule has 0 aliphatic carbocycles. The van der Waals surface area contributed by atoms with Crippen LogP contribution in [0.3, 0.4) is 0 Å². The van der Waals surface area contributed by atoms with Crippen LogP contribution < -0.4 is 4.90 Å². The van der Waals surface area contributed by atoms with Crippen molar-refractivity contribution in [3.8, 4) is 11.8 Å². The van der Waals surface area contributed by atoms with E-state index >= 15 is 0 Å². The molecule has 4 nitrogen and oxygen atoms in total. The fourth-order valence-electron chi connectivity index (χ4n) is 4.43. The summed E-state index contributed by atoms with van der Waals surface area (Å²) in [6.07, 6.45) is 1.61. The SMILES string of the molecule is CCN(Cc1ccccc1)c1ccc(/C=C(\C#N)C(=O)c2cc(C)n(-c3ccccc3F)c2C)cc1. The molecule has 0 radical (unpaired) electrons. The van der Waals surface area contributed by atoms with E-state index < -0.39 is 0 Å². The van der Waals surface area contributed by atoms with Gasteiger partial charge in [0, 0.05) is 35.7 Å². The summed E-state index contributed by atoms with van der Waals surface area (Å²) in [5, 5.41) is 9.78. The van der Waals surface area contributed by atoms with E-state index in [9.17, 15) is 14.4 Å². The zero-order valence-electron chi connectivity index (χ0n) is 20.7. The Hall–Kier alpha value is -4.43. The molecule has 4 aromatic rings. The number of carbonyl (C=O) groups is 1. The number of aryl methyl sites for hydroxylation is 1. The Bertz CT molecular complexity index is 1440. The highest BCUT2D eigenvalue weighted by atomic mass is 19.1. The molecule has 1 aromatic heterocycles. The molecule has 0 amide bonds. The third-order valence-electron chi connectivity index (χ3n) is 6.30. The first-order valence-corrected chi connectivity index (χ1v) is 11.9. The predicted molar refractivity (Wildman–Crippen MR) is 143 cm³/mol. The number of hydrogen-bond acceptors (Lipinski definition) is 3. The maximum absolute atomic E-state index is 14.4. The number of hydrogen-bond donors (Lipinski definition) is 0. The maximum Gasteiger partial charge on any atom is 0.205 e. The van der Waals surface area contributed by atoms with Gasteiger partial charge in [0.1, 0.15) is 17.5 Å². The molecule has 180 valence electrons. The van der Waals surface area contributed by atoms with E-state index in [0.29, 0.717) is 16.9 Å². The van der Waals surface area contributed by atoms with Crippen molar-refractivity contribution in [1.29, 1.82) is 5.26 Å². The average Bonchev–Trinajstić information content (AvgIpc) is 3.20. The first-order valence-electron chi connectivity index (χ1n) is 11.9. The molecule has 0 N–H and O–H groups in total. The number of anilines is 1. The zero-order valence-corrected chi connectivity index (χ0v) is 20.7. The molecule has 4 rings (SSSR count). The van der Waals surface area contributed by atoms with Crippen molar-refractivity contribution in [2.45, 2.75) is 27.3 Å². The van der Waals surface area contributed by atoms with Crippen LogP contribution in [0.25, 0.3) is 11.8 Å². The minimum Gasteiger partial charge on any atom is -0.367 e. The Kier molecular flexibility index (Phi) is 7.46. The van der Waals surface area contributed by atoms with Gasteiger partial charge in [0.2, 0.25) is 5.78 Å². The number of allylic oxidation sites excluding steroid dienone is 1. The largest absolute Gasteiger partial charge is 0.367 e. The minimum atomic E-state index is -0.378. The molecule has 36 heavy (non-hydrogen) atoms. The molecule has 0 fully saturated rings. The number of para-hydroxylation sites is 1. The normalized spacial score (nSPS) is 11.2. The fourth-order valence-corrected chi connectivity index (χ4v) is 4.43. The van der Waals surface area contributed by atoms with Crippen molar-refractivity contribution in [2.24, 2.45) is 0 Å². The standard InChI is InChI=1S/C31H28FN3O/c1-4-34(21-25-10-6-5-7-11-25)27-16-14-24(15-17-27)19-26(20-33)31(36)28-18-22(2)35(23(28)3)30-13-9-8-12-29(30)32/h5-19H,4,21H2,1-3H3/b26-19+. The number of ketones is 1. The van der Waals surface area contributed by atoms with E-state index in [4.69, 9.17) is 0 Å². The van der Waals surface area contributed by atoms with Gasteiger partial charge in [0.15, 0.2) is 0 Å². The van der Waals surface area contributed by atoms with Crippen molar-refractivity contribution in [3.63, 3.8) is 0 Å². The van der Waals surface area contributed by atoms with Crippen molar-refractivity contribution in [1.82, 2.24) is 4.57 Å². The fraction of sp³-hybridized carbons (Fsp3) is 0.161. The van der Waals surface area contributed by atoms with Crippen LogP contribution in [0.15, 0.2) is 90.5 Å². The summed E-state index contributed by atoms with van der Waals surface area (Å²) < 4.78 is 16.1. The highest BCUT2D eigenvalue weighted by molar-refractivity contribution is 6.14. The Morgan fingerprint density at radius 2 is 1.67 bits per heavy atom. The molecule has 0 bridgehead atoms. The van der Waals surface area contributed by atoms with Crippen LogP contribution in [0.5, 0.6) is 0 Å². The Balaban J connectivity index is 1.59. The van der Waals surface area contributed by atoms with Crippen LogP contribution in [0.1, 0.15) is 39.8 Å². The summed E-state index contributed by atoms with van der Waals surface area (Å²) >= 11 is 0. The quantitative estimate of drug-likeness (QED) is 0.155. The van der Waals surface area contributed by atoms with Crippen LogP contribution in [0, 0.1) is 31.0 Å². The van der Waals surface area contributed by atoms with E-state index in [1.165, 1.54) is 11.6 Å². The highest BCUT2D eigenvalue weighted by Crippen LogP contribution is 2.26. The molecule has 5 heteroatoms. The van der Waals surface area contributed by atoms with Gasteiger partial charge in [0.25, 0.3) is 0 Å². The summed E-state index contributed by atoms with van der Waals surface area (Å²) in [5.41, 5.74) is 5.18. The summed E-state index contributed by atoms with van der Waals surface area (Å²) in [6, 6.07) is 28.3. The van der Waals surface area contributed by atoms with E-state index in [2.05, 4.69) is 30.0 Å². The van der Waals surface area contributed by atoms with Gasteiger partial charge in [-0.05, 0) is 68.3 Å². The van der Waals surface area contributed by atoms with Gasteiger partial charge in [-0.15, -0.1) is 0 Å². The van der Waals surface area contributed by atoms with Gasteiger partial charge in [0.05, 0.1) is 5.69 Å².